The van der Waals surface area contributed by atoms with E-state index in [9.17, 15) is 14.7 Å². The summed E-state index contributed by atoms with van der Waals surface area (Å²) in [6, 6.07) is 10.1. The van der Waals surface area contributed by atoms with Gasteiger partial charge in [0.05, 0.1) is 6.61 Å². The number of ketones is 1. The van der Waals surface area contributed by atoms with Crippen LogP contribution in [0.4, 0.5) is 0 Å². The number of rotatable bonds is 6. The summed E-state index contributed by atoms with van der Waals surface area (Å²) in [7, 11) is 0. The first-order valence-corrected chi connectivity index (χ1v) is 7.13. The molecule has 2 aromatic carbocycles. The summed E-state index contributed by atoms with van der Waals surface area (Å²) in [6.07, 6.45) is 0. The largest absolute Gasteiger partial charge is 0.488 e. The van der Waals surface area contributed by atoms with Crippen molar-refractivity contribution in [2.24, 2.45) is 0 Å². The minimum atomic E-state index is -1.53. The number of aliphatic hydroxyl groups excluding tert-OH is 1. The van der Waals surface area contributed by atoms with Gasteiger partial charge in [-0.3, -0.25) is 4.79 Å². The van der Waals surface area contributed by atoms with Gasteiger partial charge in [0.15, 0.2) is 0 Å². The molecular formula is C18H18O5. The van der Waals surface area contributed by atoms with Gasteiger partial charge >= 0.3 is 5.97 Å². The van der Waals surface area contributed by atoms with E-state index in [1.807, 2.05) is 32.0 Å². The van der Waals surface area contributed by atoms with Crippen LogP contribution in [0.2, 0.25) is 0 Å². The minimum Gasteiger partial charge on any atom is -0.488 e. The summed E-state index contributed by atoms with van der Waals surface area (Å²) in [5.41, 5.74) is 3.69. The van der Waals surface area contributed by atoms with E-state index in [1.165, 1.54) is 18.2 Å². The Labute approximate surface area is 134 Å². The second-order valence-corrected chi connectivity index (χ2v) is 5.27. The van der Waals surface area contributed by atoms with Crippen LogP contribution in [-0.4, -0.2) is 22.0 Å². The molecule has 0 aliphatic heterocycles. The number of carbonyl (C=O) groups is 2. The molecule has 5 nitrogen and oxygen atoms in total. The summed E-state index contributed by atoms with van der Waals surface area (Å²) >= 11 is 0. The zero-order valence-corrected chi connectivity index (χ0v) is 13.0. The molecule has 2 N–H and O–H groups in total. The molecule has 0 atom stereocenters. The van der Waals surface area contributed by atoms with Crippen molar-refractivity contribution in [3.8, 4) is 5.75 Å². The van der Waals surface area contributed by atoms with E-state index >= 15 is 0 Å². The number of ether oxygens (including phenoxy) is 1. The summed E-state index contributed by atoms with van der Waals surface area (Å²) in [4.78, 5) is 22.4. The van der Waals surface area contributed by atoms with E-state index in [4.69, 9.17) is 9.84 Å². The Morgan fingerprint density at radius 1 is 1.09 bits per heavy atom. The molecule has 0 heterocycles. The van der Waals surface area contributed by atoms with Gasteiger partial charge in [0.2, 0.25) is 0 Å². The predicted molar refractivity (Wildman–Crippen MR) is 84.6 cm³/mol. The van der Waals surface area contributed by atoms with Crippen LogP contribution in [0, 0.1) is 13.8 Å². The maximum Gasteiger partial charge on any atom is 0.377 e. The van der Waals surface area contributed by atoms with Crippen LogP contribution < -0.4 is 4.74 Å². The number of hydrogen-bond acceptors (Lipinski definition) is 4. The lowest BCUT2D eigenvalue weighted by Crippen LogP contribution is -2.13. The number of carboxylic acids is 1. The molecule has 0 aliphatic carbocycles. The highest BCUT2D eigenvalue weighted by Crippen LogP contribution is 2.24. The molecule has 0 saturated heterocycles. The fourth-order valence-corrected chi connectivity index (χ4v) is 2.31. The number of Topliss-reactive ketones (excluding diaryl/α,β-unsaturated/α-hetero) is 1. The van der Waals surface area contributed by atoms with E-state index in [-0.39, 0.29) is 18.8 Å². The number of aliphatic carboxylic acids is 1. The highest BCUT2D eigenvalue weighted by Gasteiger charge is 2.17. The number of carboxylic acid groups (broad SMARTS) is 1. The lowest BCUT2D eigenvalue weighted by molar-refractivity contribution is -0.131. The molecule has 2 rings (SSSR count). The fourth-order valence-electron chi connectivity index (χ4n) is 2.31. The van der Waals surface area contributed by atoms with Gasteiger partial charge in [-0.15, -0.1) is 0 Å². The van der Waals surface area contributed by atoms with Crippen LogP contribution in [0.25, 0.3) is 0 Å². The van der Waals surface area contributed by atoms with Gasteiger partial charge in [0.25, 0.3) is 5.78 Å². The quantitative estimate of drug-likeness (QED) is 0.632. The predicted octanol–water partition coefficient (Wildman–Crippen LogP) is 2.64. The van der Waals surface area contributed by atoms with E-state index in [0.29, 0.717) is 11.3 Å². The van der Waals surface area contributed by atoms with E-state index < -0.39 is 11.8 Å². The third-order valence-electron chi connectivity index (χ3n) is 3.71. The number of aryl methyl sites for hydroxylation is 2. The molecule has 0 amide bonds. The van der Waals surface area contributed by atoms with Crippen molar-refractivity contribution in [1.29, 1.82) is 0 Å². The first-order valence-electron chi connectivity index (χ1n) is 7.13. The van der Waals surface area contributed by atoms with Crippen LogP contribution in [0.15, 0.2) is 36.4 Å². The zero-order chi connectivity index (χ0) is 17.0. The molecule has 0 fully saturated rings. The molecule has 0 unspecified atom stereocenters. The van der Waals surface area contributed by atoms with Gasteiger partial charge in [0, 0.05) is 11.1 Å². The third-order valence-corrected chi connectivity index (χ3v) is 3.71. The molecule has 120 valence electrons. The molecule has 5 heteroatoms. The second-order valence-electron chi connectivity index (χ2n) is 5.27. The molecule has 23 heavy (non-hydrogen) atoms. The number of benzene rings is 2. The van der Waals surface area contributed by atoms with Crippen molar-refractivity contribution in [2.45, 2.75) is 27.1 Å². The fraction of sp³-hybridized carbons (Fsp3) is 0.222. The number of hydrogen-bond donors (Lipinski definition) is 2. The van der Waals surface area contributed by atoms with Crippen LogP contribution in [0.3, 0.4) is 0 Å². The maximum absolute atomic E-state index is 11.6. The smallest absolute Gasteiger partial charge is 0.377 e. The standard InChI is InChI=1S/C18H18O5/c1-11-4-3-5-12(2)15(11)10-23-16-8-13(17(20)18(21)22)6-7-14(16)9-19/h3-8,19H,9-10H2,1-2H3,(H,21,22). The highest BCUT2D eigenvalue weighted by molar-refractivity contribution is 6.39. The molecule has 0 spiro atoms. The Morgan fingerprint density at radius 2 is 1.74 bits per heavy atom. The average Bonchev–Trinajstić information content (AvgIpc) is 2.53. The van der Waals surface area contributed by atoms with Gasteiger partial charge in [-0.05, 0) is 36.6 Å². The van der Waals surface area contributed by atoms with Crippen LogP contribution in [0.5, 0.6) is 5.75 Å². The topological polar surface area (TPSA) is 83.8 Å². The van der Waals surface area contributed by atoms with Crippen LogP contribution in [0.1, 0.15) is 32.6 Å². The normalized spacial score (nSPS) is 10.4. The number of carbonyl (C=O) groups excluding carboxylic acids is 1. The van der Waals surface area contributed by atoms with Gasteiger partial charge in [0.1, 0.15) is 12.4 Å². The van der Waals surface area contributed by atoms with Gasteiger partial charge in [-0.25, -0.2) is 4.79 Å². The Kier molecular flexibility index (Phi) is 5.13. The van der Waals surface area contributed by atoms with Gasteiger partial charge in [-0.2, -0.15) is 0 Å². The zero-order valence-electron chi connectivity index (χ0n) is 13.0. The average molecular weight is 314 g/mol. The Bertz CT molecular complexity index is 729. The molecule has 0 saturated carbocycles. The molecule has 0 aliphatic rings. The first kappa shape index (κ1) is 16.7. The van der Waals surface area contributed by atoms with E-state index in [0.717, 1.165) is 16.7 Å². The third kappa shape index (κ3) is 3.76. The van der Waals surface area contributed by atoms with Crippen molar-refractivity contribution >= 4 is 11.8 Å². The van der Waals surface area contributed by atoms with E-state index in [1.54, 1.807) is 0 Å². The van der Waals surface area contributed by atoms with E-state index in [2.05, 4.69) is 0 Å². The van der Waals surface area contributed by atoms with Crippen molar-refractivity contribution < 1.29 is 24.5 Å². The maximum atomic E-state index is 11.6. The highest BCUT2D eigenvalue weighted by atomic mass is 16.5. The van der Waals surface area contributed by atoms with Gasteiger partial charge in [-0.1, -0.05) is 30.3 Å². The SMILES string of the molecule is Cc1cccc(C)c1COc1cc(C(=O)C(=O)O)ccc1CO. The molecule has 0 radical (unpaired) electrons. The van der Waals surface area contributed by atoms with Crippen molar-refractivity contribution in [2.75, 3.05) is 0 Å². The van der Waals surface area contributed by atoms with Crippen LogP contribution >= 0.6 is 0 Å². The monoisotopic (exact) mass is 314 g/mol. The number of aliphatic hydroxyl groups is 1. The molecular weight excluding hydrogens is 296 g/mol. The Hall–Kier alpha value is -2.66. The lowest BCUT2D eigenvalue weighted by Gasteiger charge is -2.14. The van der Waals surface area contributed by atoms with Crippen molar-refractivity contribution in [3.63, 3.8) is 0 Å². The summed E-state index contributed by atoms with van der Waals surface area (Å²) in [5, 5.41) is 18.2. The van der Waals surface area contributed by atoms with Crippen molar-refractivity contribution in [1.82, 2.24) is 0 Å². The Morgan fingerprint density at radius 3 is 2.30 bits per heavy atom. The minimum absolute atomic E-state index is 0.0196. The van der Waals surface area contributed by atoms with Crippen molar-refractivity contribution in [3.05, 3.63) is 64.2 Å². The molecule has 0 bridgehead atoms. The summed E-state index contributed by atoms with van der Waals surface area (Å²) in [6.45, 7) is 3.96. The second kappa shape index (κ2) is 7.07. The molecule has 0 aromatic heterocycles. The van der Waals surface area contributed by atoms with Gasteiger partial charge < -0.3 is 14.9 Å². The molecule has 2 aromatic rings. The Balaban J connectivity index is 2.29. The summed E-state index contributed by atoms with van der Waals surface area (Å²) in [5.74, 6) is -2.23. The van der Waals surface area contributed by atoms with Crippen LogP contribution in [-0.2, 0) is 18.0 Å². The lowest BCUT2D eigenvalue weighted by atomic mass is 10.0. The summed E-state index contributed by atoms with van der Waals surface area (Å²) < 4.78 is 5.74. The first-order chi connectivity index (χ1) is 10.9.